The highest BCUT2D eigenvalue weighted by Gasteiger charge is 2.33. The average Bonchev–Trinajstić information content (AvgIpc) is 3.03. The van der Waals surface area contributed by atoms with Crippen molar-refractivity contribution in [3.63, 3.8) is 0 Å². The summed E-state index contributed by atoms with van der Waals surface area (Å²) in [4.78, 5) is 27.1. The lowest BCUT2D eigenvalue weighted by Crippen LogP contribution is -2.42. The van der Waals surface area contributed by atoms with E-state index in [-0.39, 0.29) is 18.0 Å². The topological polar surface area (TPSA) is 63.4 Å². The van der Waals surface area contributed by atoms with Crippen LogP contribution in [-0.2, 0) is 6.42 Å². The van der Waals surface area contributed by atoms with E-state index in [0.29, 0.717) is 42.8 Å². The Morgan fingerprint density at radius 2 is 2.12 bits per heavy atom. The van der Waals surface area contributed by atoms with Gasteiger partial charge in [-0.3, -0.25) is 9.59 Å². The molecule has 7 heteroatoms. The number of amides is 1. The van der Waals surface area contributed by atoms with Crippen LogP contribution in [-0.4, -0.2) is 34.8 Å². The third kappa shape index (κ3) is 3.38. The van der Waals surface area contributed by atoms with Gasteiger partial charge in [-0.25, -0.2) is 8.78 Å². The fraction of sp³-hybridized carbons (Fsp3) is 0.421. The predicted octanol–water partition coefficient (Wildman–Crippen LogP) is 3.56. The van der Waals surface area contributed by atoms with Crippen molar-refractivity contribution in [3.8, 4) is 0 Å². The molecule has 2 heterocycles. The first-order valence-electron chi connectivity index (χ1n) is 8.66. The number of aromatic nitrogens is 1. The number of hydrogen-bond acceptors (Lipinski definition) is 4. The van der Waals surface area contributed by atoms with Crippen molar-refractivity contribution in [2.24, 2.45) is 5.92 Å². The summed E-state index contributed by atoms with van der Waals surface area (Å²) >= 11 is 0. The summed E-state index contributed by atoms with van der Waals surface area (Å²) < 4.78 is 32.4. The summed E-state index contributed by atoms with van der Waals surface area (Å²) in [5.74, 6) is -2.24. The second kappa shape index (κ2) is 7.35. The molecule has 0 saturated carbocycles. The van der Waals surface area contributed by atoms with Crippen molar-refractivity contribution >= 4 is 11.7 Å². The molecule has 1 fully saturated rings. The van der Waals surface area contributed by atoms with Gasteiger partial charge in [0.1, 0.15) is 23.0 Å². The molecule has 3 rings (SSSR count). The number of benzene rings is 1. The number of aryl methyl sites for hydroxylation is 2. The van der Waals surface area contributed by atoms with Gasteiger partial charge in [0.05, 0.1) is 11.3 Å². The number of nitrogens with zero attached hydrogens (tertiary/aromatic N) is 2. The molecule has 138 valence electrons. The van der Waals surface area contributed by atoms with Crippen molar-refractivity contribution < 1.29 is 22.9 Å². The van der Waals surface area contributed by atoms with Gasteiger partial charge in [0, 0.05) is 19.0 Å². The Labute approximate surface area is 150 Å². The largest absolute Gasteiger partial charge is 0.361 e. The van der Waals surface area contributed by atoms with E-state index in [1.807, 2.05) is 6.92 Å². The minimum absolute atomic E-state index is 0.168. The summed E-state index contributed by atoms with van der Waals surface area (Å²) in [5.41, 5.74) is 0.745. The minimum atomic E-state index is -0.747. The fourth-order valence-electron chi connectivity index (χ4n) is 3.37. The smallest absolute Gasteiger partial charge is 0.259 e. The Bertz CT molecular complexity index is 847. The number of piperidine rings is 1. The van der Waals surface area contributed by atoms with Crippen LogP contribution in [0.15, 0.2) is 22.7 Å². The molecular weight excluding hydrogens is 342 g/mol. The van der Waals surface area contributed by atoms with Crippen LogP contribution >= 0.6 is 0 Å². The van der Waals surface area contributed by atoms with Crippen LogP contribution in [0, 0.1) is 24.5 Å². The molecule has 1 aromatic heterocycles. The second-order valence-electron chi connectivity index (χ2n) is 6.49. The Morgan fingerprint density at radius 1 is 1.35 bits per heavy atom. The van der Waals surface area contributed by atoms with Crippen LogP contribution in [0.25, 0.3) is 0 Å². The van der Waals surface area contributed by atoms with Crippen LogP contribution in [0.4, 0.5) is 8.78 Å². The van der Waals surface area contributed by atoms with Gasteiger partial charge in [0.2, 0.25) is 0 Å². The zero-order valence-electron chi connectivity index (χ0n) is 14.7. The van der Waals surface area contributed by atoms with Crippen molar-refractivity contribution in [3.05, 3.63) is 52.4 Å². The maximum absolute atomic E-state index is 13.9. The van der Waals surface area contributed by atoms with Gasteiger partial charge in [-0.05, 0) is 44.4 Å². The molecule has 0 radical (unpaired) electrons. The Balaban J connectivity index is 1.81. The zero-order chi connectivity index (χ0) is 18.8. The van der Waals surface area contributed by atoms with Crippen molar-refractivity contribution in [2.45, 2.75) is 33.1 Å². The van der Waals surface area contributed by atoms with Crippen LogP contribution in [0.3, 0.4) is 0 Å². The van der Waals surface area contributed by atoms with E-state index in [9.17, 15) is 18.4 Å². The molecule has 0 N–H and O–H groups in total. The van der Waals surface area contributed by atoms with Crippen LogP contribution in [0.2, 0.25) is 0 Å². The summed E-state index contributed by atoms with van der Waals surface area (Å²) in [5, 5.41) is 3.89. The number of Topliss-reactive ketones (excluding diaryl/α,β-unsaturated/α-hetero) is 1. The summed E-state index contributed by atoms with van der Waals surface area (Å²) in [7, 11) is 0. The lowest BCUT2D eigenvalue weighted by atomic mass is 9.89. The van der Waals surface area contributed by atoms with Crippen LogP contribution in [0.1, 0.15) is 51.9 Å². The highest BCUT2D eigenvalue weighted by molar-refractivity contribution is 6.00. The normalized spacial score (nSPS) is 17.4. The first-order chi connectivity index (χ1) is 12.4. The van der Waals surface area contributed by atoms with Crippen molar-refractivity contribution in [2.75, 3.05) is 13.1 Å². The monoisotopic (exact) mass is 362 g/mol. The summed E-state index contributed by atoms with van der Waals surface area (Å²) in [6, 6.07) is 2.84. The molecule has 1 amide bonds. The summed E-state index contributed by atoms with van der Waals surface area (Å²) in [6.45, 7) is 4.22. The molecular formula is C19H20F2N2O3. The second-order valence-corrected chi connectivity index (χ2v) is 6.49. The SMILES string of the molecule is CCc1noc(C)c1C(=O)N1CCC[C@H](C(=O)c2cc(F)ccc2F)C1. The van der Waals surface area contributed by atoms with E-state index < -0.39 is 23.3 Å². The molecule has 2 aromatic rings. The third-order valence-corrected chi connectivity index (χ3v) is 4.76. The van der Waals surface area contributed by atoms with Gasteiger partial charge < -0.3 is 9.42 Å². The average molecular weight is 362 g/mol. The number of carbonyl (C=O) groups excluding carboxylic acids is 2. The number of hydrogen-bond donors (Lipinski definition) is 0. The van der Waals surface area contributed by atoms with E-state index >= 15 is 0 Å². The third-order valence-electron chi connectivity index (χ3n) is 4.76. The lowest BCUT2D eigenvalue weighted by molar-refractivity contribution is 0.0633. The quantitative estimate of drug-likeness (QED) is 0.780. The van der Waals surface area contributed by atoms with Crippen LogP contribution in [0.5, 0.6) is 0 Å². The van der Waals surface area contributed by atoms with Gasteiger partial charge in [-0.1, -0.05) is 12.1 Å². The standard InChI is InChI=1S/C19H20F2N2O3/c1-3-16-17(11(2)26-22-16)19(25)23-8-4-5-12(10-23)18(24)14-9-13(20)6-7-15(14)21/h6-7,9,12H,3-5,8,10H2,1-2H3/t12-/m0/s1. The van der Waals surface area contributed by atoms with Gasteiger partial charge >= 0.3 is 0 Å². The molecule has 1 atom stereocenters. The molecule has 0 spiro atoms. The van der Waals surface area contributed by atoms with Crippen LogP contribution < -0.4 is 0 Å². The molecule has 1 aromatic carbocycles. The molecule has 0 unspecified atom stereocenters. The van der Waals surface area contributed by atoms with Crippen molar-refractivity contribution in [1.29, 1.82) is 0 Å². The molecule has 1 saturated heterocycles. The number of carbonyl (C=O) groups is 2. The van der Waals surface area contributed by atoms with E-state index in [1.54, 1.807) is 11.8 Å². The molecule has 1 aliphatic rings. The summed E-state index contributed by atoms with van der Waals surface area (Å²) in [6.07, 6.45) is 1.70. The first-order valence-corrected chi connectivity index (χ1v) is 8.66. The lowest BCUT2D eigenvalue weighted by Gasteiger charge is -2.32. The molecule has 0 bridgehead atoms. The minimum Gasteiger partial charge on any atom is -0.361 e. The number of rotatable bonds is 4. The maximum atomic E-state index is 13.9. The number of likely N-dealkylation sites (tertiary alicyclic amines) is 1. The molecule has 5 nitrogen and oxygen atoms in total. The highest BCUT2D eigenvalue weighted by Crippen LogP contribution is 2.25. The van der Waals surface area contributed by atoms with Gasteiger partial charge in [-0.2, -0.15) is 0 Å². The number of ketones is 1. The molecule has 26 heavy (non-hydrogen) atoms. The number of halogens is 2. The maximum Gasteiger partial charge on any atom is 0.259 e. The molecule has 1 aliphatic heterocycles. The van der Waals surface area contributed by atoms with Gasteiger partial charge in [-0.15, -0.1) is 0 Å². The Morgan fingerprint density at radius 3 is 2.85 bits per heavy atom. The Kier molecular flexibility index (Phi) is 5.15. The fourth-order valence-corrected chi connectivity index (χ4v) is 3.37. The van der Waals surface area contributed by atoms with E-state index in [0.717, 1.165) is 18.2 Å². The highest BCUT2D eigenvalue weighted by atomic mass is 19.1. The molecule has 0 aliphatic carbocycles. The zero-order valence-corrected chi connectivity index (χ0v) is 14.7. The Hall–Kier alpha value is -2.57. The predicted molar refractivity (Wildman–Crippen MR) is 89.9 cm³/mol. The van der Waals surface area contributed by atoms with Crippen molar-refractivity contribution in [1.82, 2.24) is 10.1 Å². The van der Waals surface area contributed by atoms with E-state index in [1.165, 1.54) is 0 Å². The van der Waals surface area contributed by atoms with Gasteiger partial charge in [0.25, 0.3) is 5.91 Å². The van der Waals surface area contributed by atoms with E-state index in [4.69, 9.17) is 4.52 Å². The first kappa shape index (κ1) is 18.2. The van der Waals surface area contributed by atoms with Gasteiger partial charge in [0.15, 0.2) is 5.78 Å². The van der Waals surface area contributed by atoms with E-state index in [2.05, 4.69) is 5.16 Å².